The van der Waals surface area contributed by atoms with Crippen molar-refractivity contribution in [2.45, 2.75) is 38.3 Å². The molecule has 0 saturated heterocycles. The minimum atomic E-state index is -0.825. The van der Waals surface area contributed by atoms with E-state index in [-0.39, 0.29) is 18.1 Å². The molecule has 0 radical (unpaired) electrons. The van der Waals surface area contributed by atoms with E-state index in [0.717, 1.165) is 31.7 Å². The van der Waals surface area contributed by atoms with Crippen molar-refractivity contribution in [2.24, 2.45) is 5.73 Å². The Kier molecular flexibility index (Phi) is 17.3. The number of likely N-dealkylation sites (N-methyl/N-ethyl adjacent to an activating group) is 1. The summed E-state index contributed by atoms with van der Waals surface area (Å²) in [6.07, 6.45) is 2.15. The van der Waals surface area contributed by atoms with Gasteiger partial charge in [0.05, 0.1) is 0 Å². The van der Waals surface area contributed by atoms with Crippen LogP contribution >= 0.6 is 0 Å². The van der Waals surface area contributed by atoms with Crippen LogP contribution in [0.4, 0.5) is 0 Å². The van der Waals surface area contributed by atoms with Crippen LogP contribution in [0.5, 0.6) is 0 Å². The molecule has 131 valence electrons. The van der Waals surface area contributed by atoms with Crippen molar-refractivity contribution in [3.8, 4) is 0 Å². The first-order valence-electron chi connectivity index (χ1n) is 6.94. The van der Waals surface area contributed by atoms with Crippen molar-refractivity contribution in [1.29, 1.82) is 0 Å². The van der Waals surface area contributed by atoms with Crippen LogP contribution in [0.2, 0.25) is 0 Å². The van der Waals surface area contributed by atoms with Crippen molar-refractivity contribution in [2.75, 3.05) is 25.9 Å². The standard InChI is InChI=1S/C13H25N4O3S.O.Tc/c1-9(18)11(8-21)17-12(19)7-16-13(20)10(15-2)5-3-4-6-14;;/h10-11H,3-8,14H2,1-2H3,(H3,16,17,19,20,21);;/q-1;;+4/p-3. The van der Waals surface area contributed by atoms with Crippen LogP contribution in [-0.2, 0) is 49.4 Å². The van der Waals surface area contributed by atoms with Crippen molar-refractivity contribution >= 4 is 30.2 Å². The van der Waals surface area contributed by atoms with Crippen LogP contribution in [0.1, 0.15) is 26.2 Å². The molecule has 2 atom stereocenters. The molecule has 0 aromatic carbocycles. The molecule has 0 aliphatic heterocycles. The Bertz CT molecular complexity index is 374. The zero-order valence-electron chi connectivity index (χ0n) is 13.2. The topological polar surface area (TPSA) is 137 Å². The van der Waals surface area contributed by atoms with Crippen LogP contribution in [0.25, 0.3) is 16.0 Å². The molecule has 0 aromatic heterocycles. The Morgan fingerprint density at radius 3 is 2.22 bits per heavy atom. The number of ketones is 1. The fourth-order valence-electron chi connectivity index (χ4n) is 1.56. The van der Waals surface area contributed by atoms with Crippen LogP contribution in [0.15, 0.2) is 0 Å². The van der Waals surface area contributed by atoms with Crippen LogP contribution in [0, 0.1) is 0 Å². The van der Waals surface area contributed by atoms with Gasteiger partial charge in [-0.3, -0.25) is 0 Å². The summed E-state index contributed by atoms with van der Waals surface area (Å²) in [5.74, 6) is -1.30. The molecular formula is C13H22N4O4STc. The number of hydrogen-bond acceptors (Lipinski definition) is 6. The Labute approximate surface area is 152 Å². The third kappa shape index (κ3) is 12.4. The summed E-state index contributed by atoms with van der Waals surface area (Å²) in [7, 11) is 1.54. The summed E-state index contributed by atoms with van der Waals surface area (Å²) in [5.41, 5.74) is 5.38. The molecule has 0 aliphatic rings. The molecule has 0 heterocycles. The van der Waals surface area contributed by atoms with Gasteiger partial charge in [-0.1, -0.05) is 31.5 Å². The van der Waals surface area contributed by atoms with E-state index in [4.69, 9.17) is 21.9 Å². The van der Waals surface area contributed by atoms with Crippen LogP contribution in [-0.4, -0.2) is 55.6 Å². The van der Waals surface area contributed by atoms with Crippen LogP contribution < -0.4 is 5.73 Å². The predicted molar refractivity (Wildman–Crippen MR) is 85.0 cm³/mol. The Balaban J connectivity index is 0. The Hall–Kier alpha value is -0.671. The molecule has 0 fully saturated rings. The molecule has 8 nitrogen and oxygen atoms in total. The second kappa shape index (κ2) is 16.2. The predicted octanol–water partition coefficient (Wildman–Crippen LogP) is 0.671. The summed E-state index contributed by atoms with van der Waals surface area (Å²) in [5, 5.41) is 11.3. The van der Waals surface area contributed by atoms with Crippen molar-refractivity contribution in [3.63, 3.8) is 0 Å². The van der Waals surface area contributed by atoms with Gasteiger partial charge >= 0.3 is 22.4 Å². The number of carbonyl (C=O) groups is 3. The van der Waals surface area contributed by atoms with Crippen molar-refractivity contribution < 1.29 is 36.7 Å². The van der Waals surface area contributed by atoms with Gasteiger partial charge in [-0.2, -0.15) is 12.8 Å². The van der Waals surface area contributed by atoms with Crippen LogP contribution in [0.3, 0.4) is 0 Å². The zero-order chi connectivity index (χ0) is 18.3. The van der Waals surface area contributed by atoms with E-state index >= 15 is 0 Å². The number of hydrogen-bond donors (Lipinski definition) is 1. The quantitative estimate of drug-likeness (QED) is 0.379. The SMILES string of the molecule is C[N-]C(CCCCN)C(=O)[N-]CC(=O)[N-]C(C[S-])C(C)=O.[O]=[Tc+4]. The summed E-state index contributed by atoms with van der Waals surface area (Å²) < 4.78 is 8.22. The third-order valence-electron chi connectivity index (χ3n) is 2.83. The van der Waals surface area contributed by atoms with E-state index in [1.54, 1.807) is 0 Å². The fourth-order valence-corrected chi connectivity index (χ4v) is 1.87. The fraction of sp³-hybridized carbons (Fsp3) is 0.769. The Morgan fingerprint density at radius 1 is 1.17 bits per heavy atom. The normalized spacial score (nSPS) is 12.4. The molecular weight excluding hydrogens is 406 g/mol. The summed E-state index contributed by atoms with van der Waals surface area (Å²) >= 11 is 5.63. The molecule has 0 aliphatic carbocycles. The molecule has 23 heavy (non-hydrogen) atoms. The second-order valence-electron chi connectivity index (χ2n) is 4.53. The monoisotopic (exact) mass is 427 g/mol. The zero-order valence-corrected chi connectivity index (χ0v) is 15.9. The van der Waals surface area contributed by atoms with E-state index in [0.29, 0.717) is 13.0 Å². The van der Waals surface area contributed by atoms with Gasteiger partial charge in [-0.25, -0.2) is 0 Å². The molecule has 0 spiro atoms. The van der Waals surface area contributed by atoms with E-state index in [9.17, 15) is 14.4 Å². The van der Waals surface area contributed by atoms with Gasteiger partial charge in [0.15, 0.2) is 0 Å². The average molecular weight is 428 g/mol. The van der Waals surface area contributed by atoms with Gasteiger partial charge in [0.2, 0.25) is 0 Å². The maximum absolute atomic E-state index is 11.8. The number of nitrogens with two attached hydrogens (primary N) is 1. The number of carbonyl (C=O) groups excluding carboxylic acids is 3. The first-order chi connectivity index (χ1) is 11.0. The first-order valence-corrected chi connectivity index (χ1v) is 8.27. The van der Waals surface area contributed by atoms with E-state index in [2.05, 4.69) is 16.0 Å². The minimum absolute atomic E-state index is 0.0427. The maximum atomic E-state index is 11.8. The molecule has 2 unspecified atom stereocenters. The Morgan fingerprint density at radius 2 is 1.78 bits per heavy atom. The number of rotatable bonds is 11. The van der Waals surface area contributed by atoms with Gasteiger partial charge in [0.25, 0.3) is 0 Å². The molecule has 0 aromatic rings. The van der Waals surface area contributed by atoms with E-state index in [1.165, 1.54) is 14.0 Å². The molecule has 0 saturated carbocycles. The number of Topliss-reactive ketones (excluding diaryl/α,β-unsaturated/α-hetero) is 1. The van der Waals surface area contributed by atoms with E-state index in [1.807, 2.05) is 0 Å². The van der Waals surface area contributed by atoms with Gasteiger partial charge in [0, 0.05) is 11.8 Å². The van der Waals surface area contributed by atoms with Gasteiger partial charge in [0.1, 0.15) is 5.78 Å². The second-order valence-corrected chi connectivity index (χ2v) is 4.86. The number of unbranched alkanes of at least 4 members (excludes halogenated alkanes) is 1. The van der Waals surface area contributed by atoms with Gasteiger partial charge in [-0.15, -0.1) is 0 Å². The van der Waals surface area contributed by atoms with Gasteiger partial charge in [-0.05, 0) is 19.9 Å². The molecule has 10 heteroatoms. The molecule has 0 bridgehead atoms. The summed E-state index contributed by atoms with van der Waals surface area (Å²) in [6, 6.07) is -1.37. The number of amides is 2. The summed E-state index contributed by atoms with van der Waals surface area (Å²) in [6.45, 7) is 1.51. The first kappa shape index (κ1) is 24.6. The van der Waals surface area contributed by atoms with E-state index < -0.39 is 23.9 Å². The number of nitrogens with zero attached hydrogens (tertiary/aromatic N) is 3. The van der Waals surface area contributed by atoms with Crippen molar-refractivity contribution in [1.82, 2.24) is 0 Å². The molecule has 2 amide bonds. The van der Waals surface area contributed by atoms with Gasteiger partial charge < -0.3 is 48.7 Å². The average Bonchev–Trinajstić information content (AvgIpc) is 2.56. The van der Waals surface area contributed by atoms with Crippen molar-refractivity contribution in [3.05, 3.63) is 16.0 Å². The molecule has 0 rings (SSSR count). The third-order valence-corrected chi connectivity index (χ3v) is 3.14. The molecule has 2 N–H and O–H groups in total. The summed E-state index contributed by atoms with van der Waals surface area (Å²) in [4.78, 5) is 34.4.